The Hall–Kier alpha value is -1.30. The van der Waals surface area contributed by atoms with Crippen LogP contribution in [0.15, 0.2) is 23.4 Å². The highest BCUT2D eigenvalue weighted by molar-refractivity contribution is 6.31. The zero-order valence-electron chi connectivity index (χ0n) is 9.97. The standard InChI is InChI=1S/C12H16ClN3O2/c13-11-7-9(12(14)15-17)1-2-10(11)8-16-3-5-18-6-4-16/h1-2,7,17H,3-6,8H2,(H2,14,15). The van der Waals surface area contributed by atoms with E-state index in [4.69, 9.17) is 27.3 Å². The van der Waals surface area contributed by atoms with E-state index in [1.807, 2.05) is 6.07 Å². The third kappa shape index (κ3) is 3.13. The summed E-state index contributed by atoms with van der Waals surface area (Å²) in [7, 11) is 0. The number of rotatable bonds is 3. The number of ether oxygens (including phenoxy) is 1. The zero-order chi connectivity index (χ0) is 13.0. The van der Waals surface area contributed by atoms with Crippen LogP contribution in [0.25, 0.3) is 0 Å². The molecule has 0 amide bonds. The number of benzene rings is 1. The molecule has 0 aromatic heterocycles. The second-order valence-electron chi connectivity index (χ2n) is 4.18. The molecule has 0 aliphatic carbocycles. The van der Waals surface area contributed by atoms with Crippen molar-refractivity contribution in [3.05, 3.63) is 34.3 Å². The molecule has 1 aromatic rings. The average Bonchev–Trinajstić information content (AvgIpc) is 2.41. The quantitative estimate of drug-likeness (QED) is 0.375. The molecule has 2 rings (SSSR count). The van der Waals surface area contributed by atoms with Crippen molar-refractivity contribution in [3.63, 3.8) is 0 Å². The van der Waals surface area contributed by atoms with Gasteiger partial charge in [-0.25, -0.2) is 0 Å². The molecule has 1 aliphatic rings. The molecule has 98 valence electrons. The number of nitrogens with zero attached hydrogens (tertiary/aromatic N) is 2. The Labute approximate surface area is 111 Å². The summed E-state index contributed by atoms with van der Waals surface area (Å²) >= 11 is 6.20. The van der Waals surface area contributed by atoms with Crippen LogP contribution in [0.4, 0.5) is 0 Å². The molecule has 18 heavy (non-hydrogen) atoms. The predicted octanol–water partition coefficient (Wildman–Crippen LogP) is 1.27. The third-order valence-corrected chi connectivity index (χ3v) is 3.31. The molecule has 0 radical (unpaired) electrons. The van der Waals surface area contributed by atoms with Crippen molar-refractivity contribution in [2.24, 2.45) is 10.9 Å². The molecule has 0 saturated carbocycles. The van der Waals surface area contributed by atoms with Gasteiger partial charge in [-0.05, 0) is 11.6 Å². The largest absolute Gasteiger partial charge is 0.409 e. The minimum atomic E-state index is 0.0647. The van der Waals surface area contributed by atoms with Gasteiger partial charge in [-0.3, -0.25) is 4.90 Å². The summed E-state index contributed by atoms with van der Waals surface area (Å²) in [6.07, 6.45) is 0. The fraction of sp³-hybridized carbons (Fsp3) is 0.417. The highest BCUT2D eigenvalue weighted by Gasteiger charge is 2.13. The van der Waals surface area contributed by atoms with E-state index in [1.165, 1.54) is 0 Å². The van der Waals surface area contributed by atoms with Crippen molar-refractivity contribution in [1.82, 2.24) is 4.90 Å². The molecule has 1 heterocycles. The molecule has 5 nitrogen and oxygen atoms in total. The van der Waals surface area contributed by atoms with Gasteiger partial charge in [-0.15, -0.1) is 0 Å². The normalized spacial score (nSPS) is 17.9. The van der Waals surface area contributed by atoms with Crippen molar-refractivity contribution in [2.45, 2.75) is 6.54 Å². The first-order valence-corrected chi connectivity index (χ1v) is 6.15. The van der Waals surface area contributed by atoms with E-state index in [0.717, 1.165) is 38.4 Å². The summed E-state index contributed by atoms with van der Waals surface area (Å²) in [6.45, 7) is 4.15. The number of amidine groups is 1. The maximum atomic E-state index is 8.61. The van der Waals surface area contributed by atoms with Crippen LogP contribution in [-0.4, -0.2) is 42.2 Å². The van der Waals surface area contributed by atoms with Crippen LogP contribution in [0.2, 0.25) is 5.02 Å². The minimum Gasteiger partial charge on any atom is -0.409 e. The van der Waals surface area contributed by atoms with Crippen LogP contribution in [0.1, 0.15) is 11.1 Å². The van der Waals surface area contributed by atoms with Crippen LogP contribution >= 0.6 is 11.6 Å². The molecule has 3 N–H and O–H groups in total. The van der Waals surface area contributed by atoms with E-state index in [2.05, 4.69) is 10.1 Å². The molecule has 6 heteroatoms. The Morgan fingerprint density at radius 1 is 1.44 bits per heavy atom. The van der Waals surface area contributed by atoms with Crippen LogP contribution in [0.3, 0.4) is 0 Å². The molecule has 0 bridgehead atoms. The molecule has 1 aromatic carbocycles. The van der Waals surface area contributed by atoms with Crippen LogP contribution in [0.5, 0.6) is 0 Å². The van der Waals surface area contributed by atoms with Gasteiger partial charge < -0.3 is 15.7 Å². The molecule has 1 fully saturated rings. The van der Waals surface area contributed by atoms with Crippen molar-refractivity contribution in [1.29, 1.82) is 0 Å². The van der Waals surface area contributed by atoms with Crippen LogP contribution in [-0.2, 0) is 11.3 Å². The summed E-state index contributed by atoms with van der Waals surface area (Å²) in [5.74, 6) is 0.0647. The van der Waals surface area contributed by atoms with E-state index in [0.29, 0.717) is 10.6 Å². The molecule has 0 atom stereocenters. The van der Waals surface area contributed by atoms with Gasteiger partial charge in [0.15, 0.2) is 5.84 Å². The lowest BCUT2D eigenvalue weighted by molar-refractivity contribution is 0.0342. The maximum Gasteiger partial charge on any atom is 0.170 e. The second-order valence-corrected chi connectivity index (χ2v) is 4.59. The van der Waals surface area contributed by atoms with Gasteiger partial charge in [0.2, 0.25) is 0 Å². The Morgan fingerprint density at radius 3 is 2.78 bits per heavy atom. The Kier molecular flexibility index (Phi) is 4.41. The fourth-order valence-corrected chi connectivity index (χ4v) is 2.13. The van der Waals surface area contributed by atoms with Crippen molar-refractivity contribution >= 4 is 17.4 Å². The zero-order valence-corrected chi connectivity index (χ0v) is 10.7. The number of oxime groups is 1. The van der Waals surface area contributed by atoms with Gasteiger partial charge in [0.25, 0.3) is 0 Å². The molecule has 1 saturated heterocycles. The predicted molar refractivity (Wildman–Crippen MR) is 70.1 cm³/mol. The highest BCUT2D eigenvalue weighted by atomic mass is 35.5. The summed E-state index contributed by atoms with van der Waals surface area (Å²) in [4.78, 5) is 2.29. The van der Waals surface area contributed by atoms with Gasteiger partial charge in [0.1, 0.15) is 0 Å². The monoisotopic (exact) mass is 269 g/mol. The van der Waals surface area contributed by atoms with Crippen LogP contribution in [0, 0.1) is 0 Å². The van der Waals surface area contributed by atoms with Gasteiger partial charge in [-0.1, -0.05) is 28.9 Å². The molecule has 0 unspecified atom stereocenters. The lowest BCUT2D eigenvalue weighted by Gasteiger charge is -2.26. The number of hydrogen-bond acceptors (Lipinski definition) is 4. The first-order valence-electron chi connectivity index (χ1n) is 5.77. The second kappa shape index (κ2) is 6.04. The van der Waals surface area contributed by atoms with Gasteiger partial charge in [-0.2, -0.15) is 0 Å². The fourth-order valence-electron chi connectivity index (χ4n) is 1.89. The molecule has 0 spiro atoms. The summed E-state index contributed by atoms with van der Waals surface area (Å²) < 4.78 is 5.30. The summed E-state index contributed by atoms with van der Waals surface area (Å²) in [5, 5.41) is 12.2. The Bertz CT molecular complexity index is 445. The van der Waals surface area contributed by atoms with E-state index in [-0.39, 0.29) is 5.84 Å². The smallest absolute Gasteiger partial charge is 0.170 e. The Balaban J connectivity index is 2.09. The molecule has 1 aliphatic heterocycles. The first kappa shape index (κ1) is 13.1. The lowest BCUT2D eigenvalue weighted by Crippen LogP contribution is -2.35. The number of hydrogen-bond donors (Lipinski definition) is 2. The molecular weight excluding hydrogens is 254 g/mol. The van der Waals surface area contributed by atoms with E-state index >= 15 is 0 Å². The van der Waals surface area contributed by atoms with Gasteiger partial charge in [0, 0.05) is 30.2 Å². The SMILES string of the molecule is N/C(=N/O)c1ccc(CN2CCOCC2)c(Cl)c1. The number of nitrogens with two attached hydrogens (primary N) is 1. The summed E-state index contributed by atoms with van der Waals surface area (Å²) in [5.41, 5.74) is 7.17. The van der Waals surface area contributed by atoms with Gasteiger partial charge >= 0.3 is 0 Å². The minimum absolute atomic E-state index is 0.0647. The van der Waals surface area contributed by atoms with Crippen molar-refractivity contribution in [2.75, 3.05) is 26.3 Å². The van der Waals surface area contributed by atoms with Crippen molar-refractivity contribution < 1.29 is 9.94 Å². The lowest BCUT2D eigenvalue weighted by atomic mass is 10.1. The summed E-state index contributed by atoms with van der Waals surface area (Å²) in [6, 6.07) is 5.42. The number of morpholine rings is 1. The Morgan fingerprint density at radius 2 is 2.17 bits per heavy atom. The van der Waals surface area contributed by atoms with E-state index in [9.17, 15) is 0 Å². The average molecular weight is 270 g/mol. The molecular formula is C12H16ClN3O2. The maximum absolute atomic E-state index is 8.61. The van der Waals surface area contributed by atoms with Crippen molar-refractivity contribution in [3.8, 4) is 0 Å². The van der Waals surface area contributed by atoms with Gasteiger partial charge in [0.05, 0.1) is 13.2 Å². The van der Waals surface area contributed by atoms with Crippen LogP contribution < -0.4 is 5.73 Å². The van der Waals surface area contributed by atoms with E-state index < -0.39 is 0 Å². The topological polar surface area (TPSA) is 71.1 Å². The van der Waals surface area contributed by atoms with E-state index in [1.54, 1.807) is 12.1 Å². The first-order chi connectivity index (χ1) is 8.70. The third-order valence-electron chi connectivity index (χ3n) is 2.95. The number of halogens is 1. The highest BCUT2D eigenvalue weighted by Crippen LogP contribution is 2.20.